The largest absolute Gasteiger partial charge is 0.493 e. The third-order valence-electron chi connectivity index (χ3n) is 4.30. The molecule has 2 amide bonds. The molecule has 3 N–H and O–H groups in total. The molecule has 0 aliphatic carbocycles. The van der Waals surface area contributed by atoms with E-state index in [4.69, 9.17) is 15.2 Å². The SMILES string of the molecule is COc1cc(C(=O)N2CCCC(C(=O)NCCN)C2)ccc1OC(C)C. The Morgan fingerprint density at radius 2 is 2.12 bits per heavy atom. The molecule has 1 aromatic carbocycles. The zero-order valence-corrected chi connectivity index (χ0v) is 15.8. The van der Waals surface area contributed by atoms with Gasteiger partial charge in [0, 0.05) is 31.7 Å². The molecule has 1 fully saturated rings. The van der Waals surface area contributed by atoms with Crippen LogP contribution in [-0.4, -0.2) is 56.1 Å². The van der Waals surface area contributed by atoms with Crippen LogP contribution < -0.4 is 20.5 Å². The molecule has 1 heterocycles. The number of hydrogen-bond acceptors (Lipinski definition) is 5. The molecule has 0 radical (unpaired) electrons. The van der Waals surface area contributed by atoms with Gasteiger partial charge in [-0.05, 0) is 44.9 Å². The van der Waals surface area contributed by atoms with Crippen LogP contribution in [0.3, 0.4) is 0 Å². The van der Waals surface area contributed by atoms with Crippen LogP contribution >= 0.6 is 0 Å². The highest BCUT2D eigenvalue weighted by Crippen LogP contribution is 2.30. The highest BCUT2D eigenvalue weighted by Gasteiger charge is 2.29. The van der Waals surface area contributed by atoms with Gasteiger partial charge in [0.1, 0.15) is 0 Å². The molecule has 1 unspecified atom stereocenters. The summed E-state index contributed by atoms with van der Waals surface area (Å²) >= 11 is 0. The molecule has 1 aliphatic heterocycles. The number of methoxy groups -OCH3 is 1. The second kappa shape index (κ2) is 9.43. The summed E-state index contributed by atoms with van der Waals surface area (Å²) < 4.78 is 11.0. The van der Waals surface area contributed by atoms with Crippen molar-refractivity contribution in [3.05, 3.63) is 23.8 Å². The number of ether oxygens (including phenoxy) is 2. The number of nitrogens with two attached hydrogens (primary N) is 1. The van der Waals surface area contributed by atoms with Gasteiger partial charge >= 0.3 is 0 Å². The second-order valence-electron chi connectivity index (χ2n) is 6.70. The molecule has 0 aromatic heterocycles. The monoisotopic (exact) mass is 363 g/mol. The molecule has 26 heavy (non-hydrogen) atoms. The normalized spacial score (nSPS) is 17.1. The van der Waals surface area contributed by atoms with E-state index < -0.39 is 0 Å². The van der Waals surface area contributed by atoms with Crippen molar-refractivity contribution in [2.24, 2.45) is 11.7 Å². The highest BCUT2D eigenvalue weighted by atomic mass is 16.5. The number of carbonyl (C=O) groups excluding carboxylic acids is 2. The minimum atomic E-state index is -0.190. The van der Waals surface area contributed by atoms with Gasteiger partial charge in [0.25, 0.3) is 5.91 Å². The summed E-state index contributed by atoms with van der Waals surface area (Å²) in [6, 6.07) is 5.18. The zero-order chi connectivity index (χ0) is 19.1. The molecule has 0 saturated carbocycles. The quantitative estimate of drug-likeness (QED) is 0.764. The minimum absolute atomic E-state index is 0.0142. The van der Waals surface area contributed by atoms with Crippen molar-refractivity contribution < 1.29 is 19.1 Å². The zero-order valence-electron chi connectivity index (χ0n) is 15.8. The summed E-state index contributed by atoms with van der Waals surface area (Å²) in [6.07, 6.45) is 1.60. The van der Waals surface area contributed by atoms with Crippen molar-refractivity contribution in [3.63, 3.8) is 0 Å². The second-order valence-corrected chi connectivity index (χ2v) is 6.70. The Labute approximate surface area is 154 Å². The Balaban J connectivity index is 2.09. The van der Waals surface area contributed by atoms with Crippen LogP contribution in [0.2, 0.25) is 0 Å². The average Bonchev–Trinajstić information content (AvgIpc) is 2.65. The summed E-state index contributed by atoms with van der Waals surface area (Å²) in [5, 5.41) is 2.81. The van der Waals surface area contributed by atoms with Gasteiger partial charge in [-0.3, -0.25) is 9.59 Å². The van der Waals surface area contributed by atoms with Gasteiger partial charge in [-0.15, -0.1) is 0 Å². The number of nitrogens with zero attached hydrogens (tertiary/aromatic N) is 1. The Hall–Kier alpha value is -2.28. The van der Waals surface area contributed by atoms with E-state index in [0.29, 0.717) is 43.2 Å². The summed E-state index contributed by atoms with van der Waals surface area (Å²) in [5.41, 5.74) is 5.95. The van der Waals surface area contributed by atoms with Crippen molar-refractivity contribution in [1.82, 2.24) is 10.2 Å². The van der Waals surface area contributed by atoms with E-state index in [0.717, 1.165) is 12.8 Å². The molecule has 1 saturated heterocycles. The van der Waals surface area contributed by atoms with Gasteiger partial charge in [0.05, 0.1) is 19.1 Å². The van der Waals surface area contributed by atoms with Crippen LogP contribution in [0.25, 0.3) is 0 Å². The fourth-order valence-corrected chi connectivity index (χ4v) is 3.05. The summed E-state index contributed by atoms with van der Waals surface area (Å²) in [7, 11) is 1.55. The number of rotatable bonds is 7. The molecular weight excluding hydrogens is 334 g/mol. The lowest BCUT2D eigenvalue weighted by Crippen LogP contribution is -2.46. The predicted octanol–water partition coefficient (Wildman–Crippen LogP) is 1.41. The molecular formula is C19H29N3O4. The fourth-order valence-electron chi connectivity index (χ4n) is 3.05. The first-order chi connectivity index (χ1) is 12.5. The maximum Gasteiger partial charge on any atom is 0.254 e. The Bertz CT molecular complexity index is 633. The van der Waals surface area contributed by atoms with E-state index in [9.17, 15) is 9.59 Å². The lowest BCUT2D eigenvalue weighted by molar-refractivity contribution is -0.126. The average molecular weight is 363 g/mol. The van der Waals surface area contributed by atoms with Gasteiger partial charge in [-0.2, -0.15) is 0 Å². The molecule has 0 bridgehead atoms. The number of benzene rings is 1. The summed E-state index contributed by atoms with van der Waals surface area (Å²) in [6.45, 7) is 5.79. The van der Waals surface area contributed by atoms with Gasteiger partial charge in [-0.25, -0.2) is 0 Å². The Kier molecular flexibility index (Phi) is 7.26. The number of likely N-dealkylation sites (tertiary alicyclic amines) is 1. The first-order valence-corrected chi connectivity index (χ1v) is 9.08. The Morgan fingerprint density at radius 1 is 1.35 bits per heavy atom. The van der Waals surface area contributed by atoms with Gasteiger partial charge in [0.15, 0.2) is 11.5 Å². The van der Waals surface area contributed by atoms with Gasteiger partial charge in [0.2, 0.25) is 5.91 Å². The van der Waals surface area contributed by atoms with Crippen LogP contribution in [-0.2, 0) is 4.79 Å². The number of hydrogen-bond donors (Lipinski definition) is 2. The molecule has 144 valence electrons. The minimum Gasteiger partial charge on any atom is -0.493 e. The summed E-state index contributed by atoms with van der Waals surface area (Å²) in [5.74, 6) is 0.808. The van der Waals surface area contributed by atoms with Crippen molar-refractivity contribution in [2.45, 2.75) is 32.8 Å². The molecule has 1 atom stereocenters. The van der Waals surface area contributed by atoms with Crippen molar-refractivity contribution in [3.8, 4) is 11.5 Å². The lowest BCUT2D eigenvalue weighted by atomic mass is 9.96. The van der Waals surface area contributed by atoms with Gasteiger partial charge in [-0.1, -0.05) is 0 Å². The Morgan fingerprint density at radius 3 is 2.77 bits per heavy atom. The molecule has 2 rings (SSSR count). The first-order valence-electron chi connectivity index (χ1n) is 9.08. The van der Waals surface area contributed by atoms with E-state index in [-0.39, 0.29) is 23.8 Å². The van der Waals surface area contributed by atoms with Crippen LogP contribution in [0.1, 0.15) is 37.0 Å². The number of piperidine rings is 1. The molecule has 1 aromatic rings. The number of carbonyl (C=O) groups is 2. The first kappa shape index (κ1) is 20.0. The van der Waals surface area contributed by atoms with E-state index >= 15 is 0 Å². The fraction of sp³-hybridized carbons (Fsp3) is 0.579. The van der Waals surface area contributed by atoms with Crippen LogP contribution in [0.4, 0.5) is 0 Å². The standard InChI is InChI=1S/C19H29N3O4/c1-13(2)26-16-7-6-14(11-17(16)25-3)19(24)22-10-4-5-15(12-22)18(23)21-9-8-20/h6-7,11,13,15H,4-5,8-10,12,20H2,1-3H3,(H,21,23). The maximum absolute atomic E-state index is 12.9. The van der Waals surface area contributed by atoms with Crippen LogP contribution in [0, 0.1) is 5.92 Å². The van der Waals surface area contributed by atoms with E-state index in [1.54, 1.807) is 30.2 Å². The van der Waals surface area contributed by atoms with Gasteiger partial charge < -0.3 is 25.4 Å². The van der Waals surface area contributed by atoms with Crippen molar-refractivity contribution in [1.29, 1.82) is 0 Å². The lowest BCUT2D eigenvalue weighted by Gasteiger charge is -2.32. The molecule has 0 spiro atoms. The molecule has 7 nitrogen and oxygen atoms in total. The summed E-state index contributed by atoms with van der Waals surface area (Å²) in [4.78, 5) is 26.8. The highest BCUT2D eigenvalue weighted by molar-refractivity contribution is 5.95. The third-order valence-corrected chi connectivity index (χ3v) is 4.30. The topological polar surface area (TPSA) is 93.9 Å². The van der Waals surface area contributed by atoms with Crippen LogP contribution in [0.5, 0.6) is 11.5 Å². The number of nitrogens with one attached hydrogen (secondary N) is 1. The maximum atomic E-state index is 12.9. The van der Waals surface area contributed by atoms with E-state index in [1.165, 1.54) is 0 Å². The van der Waals surface area contributed by atoms with E-state index in [2.05, 4.69) is 5.32 Å². The molecule has 1 aliphatic rings. The van der Waals surface area contributed by atoms with Crippen molar-refractivity contribution >= 4 is 11.8 Å². The van der Waals surface area contributed by atoms with E-state index in [1.807, 2.05) is 13.8 Å². The van der Waals surface area contributed by atoms with Crippen molar-refractivity contribution in [2.75, 3.05) is 33.3 Å². The molecule has 7 heteroatoms. The third kappa shape index (κ3) is 5.11. The predicted molar refractivity (Wildman–Crippen MR) is 99.4 cm³/mol. The van der Waals surface area contributed by atoms with Crippen LogP contribution in [0.15, 0.2) is 18.2 Å². The smallest absolute Gasteiger partial charge is 0.254 e. The number of amides is 2.